The first-order chi connectivity index (χ1) is 13.9. The highest BCUT2D eigenvalue weighted by Crippen LogP contribution is 2.57. The normalized spacial score (nSPS) is 24.3. The van der Waals surface area contributed by atoms with Crippen LogP contribution in [0.25, 0.3) is 0 Å². The van der Waals surface area contributed by atoms with E-state index in [2.05, 4.69) is 16.1 Å². The third-order valence-electron chi connectivity index (χ3n) is 7.11. The van der Waals surface area contributed by atoms with Crippen molar-refractivity contribution < 1.29 is 15.0 Å². The molecule has 1 saturated heterocycles. The highest BCUT2D eigenvalue weighted by molar-refractivity contribution is 6.31. The fourth-order valence-corrected chi connectivity index (χ4v) is 5.37. The zero-order valence-corrected chi connectivity index (χ0v) is 17.3. The van der Waals surface area contributed by atoms with Crippen LogP contribution in [0.5, 0.6) is 0 Å². The molecule has 0 unspecified atom stereocenters. The lowest BCUT2D eigenvalue weighted by Gasteiger charge is -2.40. The SMILES string of the molecule is Cc1c(Cl)cccc1N1CCC(O)(CCn2nc(C(=O)O)c3c2C[C@H]2C[C@@H]32)CC1. The maximum absolute atomic E-state index is 11.6. The van der Waals surface area contributed by atoms with Gasteiger partial charge < -0.3 is 15.1 Å². The van der Waals surface area contributed by atoms with Gasteiger partial charge in [-0.25, -0.2) is 4.79 Å². The topological polar surface area (TPSA) is 78.6 Å². The Hall–Kier alpha value is -2.05. The van der Waals surface area contributed by atoms with Crippen molar-refractivity contribution in [1.29, 1.82) is 0 Å². The molecule has 2 aliphatic carbocycles. The molecule has 7 heteroatoms. The van der Waals surface area contributed by atoms with Crippen LogP contribution in [0.1, 0.15) is 58.9 Å². The van der Waals surface area contributed by atoms with E-state index in [1.807, 2.05) is 23.7 Å². The van der Waals surface area contributed by atoms with E-state index in [4.69, 9.17) is 11.6 Å². The number of anilines is 1. The highest BCUT2D eigenvalue weighted by atomic mass is 35.5. The summed E-state index contributed by atoms with van der Waals surface area (Å²) in [6.45, 7) is 4.15. The summed E-state index contributed by atoms with van der Waals surface area (Å²) in [6, 6.07) is 5.95. The van der Waals surface area contributed by atoms with Crippen LogP contribution in [-0.4, -0.2) is 44.7 Å². The number of nitrogens with zero attached hydrogens (tertiary/aromatic N) is 3. The Balaban J connectivity index is 1.26. The molecule has 0 amide bonds. The second-order valence-corrected chi connectivity index (χ2v) is 9.30. The van der Waals surface area contributed by atoms with Crippen molar-refractivity contribution >= 4 is 23.3 Å². The Kier molecular flexibility index (Phi) is 4.40. The lowest BCUT2D eigenvalue weighted by molar-refractivity contribution is 0.00323. The zero-order chi connectivity index (χ0) is 20.3. The molecular formula is C22H26ClN3O3. The van der Waals surface area contributed by atoms with Gasteiger partial charge in [0.25, 0.3) is 0 Å². The van der Waals surface area contributed by atoms with Gasteiger partial charge in [-0.05, 0) is 68.6 Å². The molecule has 0 spiro atoms. The van der Waals surface area contributed by atoms with Gasteiger partial charge >= 0.3 is 5.97 Å². The number of halogens is 1. The molecule has 1 aromatic heterocycles. The van der Waals surface area contributed by atoms with Gasteiger partial charge in [0.15, 0.2) is 5.69 Å². The fraction of sp³-hybridized carbons (Fsp3) is 0.545. The van der Waals surface area contributed by atoms with Gasteiger partial charge in [-0.15, -0.1) is 0 Å². The third kappa shape index (κ3) is 3.22. The predicted octanol–water partition coefficient (Wildman–Crippen LogP) is 3.62. The Labute approximate surface area is 175 Å². The van der Waals surface area contributed by atoms with Crippen molar-refractivity contribution in [3.05, 3.63) is 45.7 Å². The van der Waals surface area contributed by atoms with E-state index >= 15 is 0 Å². The van der Waals surface area contributed by atoms with Crippen molar-refractivity contribution in [2.45, 2.75) is 57.1 Å². The molecule has 2 aromatic rings. The molecule has 29 heavy (non-hydrogen) atoms. The van der Waals surface area contributed by atoms with Gasteiger partial charge in [-0.3, -0.25) is 4.68 Å². The van der Waals surface area contributed by atoms with Crippen LogP contribution in [-0.2, 0) is 13.0 Å². The minimum Gasteiger partial charge on any atom is -0.476 e. The van der Waals surface area contributed by atoms with Crippen LogP contribution in [0.4, 0.5) is 5.69 Å². The number of piperidine rings is 1. The first-order valence-corrected chi connectivity index (χ1v) is 10.8. The van der Waals surface area contributed by atoms with Gasteiger partial charge in [-0.1, -0.05) is 17.7 Å². The molecule has 1 aromatic carbocycles. The summed E-state index contributed by atoms with van der Waals surface area (Å²) in [5, 5.41) is 25.8. The lowest BCUT2D eigenvalue weighted by atomic mass is 9.87. The first-order valence-electron chi connectivity index (χ1n) is 10.4. The summed E-state index contributed by atoms with van der Waals surface area (Å²) >= 11 is 6.26. The summed E-state index contributed by atoms with van der Waals surface area (Å²) in [5.41, 5.74) is 3.73. The molecule has 6 nitrogen and oxygen atoms in total. The largest absolute Gasteiger partial charge is 0.476 e. The number of fused-ring (bicyclic) bond motifs is 3. The van der Waals surface area contributed by atoms with Crippen LogP contribution in [0.3, 0.4) is 0 Å². The molecule has 2 heterocycles. The first kappa shape index (κ1) is 18.9. The number of carboxylic acid groups (broad SMARTS) is 1. The summed E-state index contributed by atoms with van der Waals surface area (Å²) < 4.78 is 1.86. The third-order valence-corrected chi connectivity index (χ3v) is 7.52. The number of aromatic nitrogens is 2. The molecule has 154 valence electrons. The van der Waals surface area contributed by atoms with Crippen molar-refractivity contribution in [2.24, 2.45) is 5.92 Å². The Morgan fingerprint density at radius 2 is 2.10 bits per heavy atom. The van der Waals surface area contributed by atoms with E-state index in [0.29, 0.717) is 37.6 Å². The Morgan fingerprint density at radius 3 is 2.83 bits per heavy atom. The van der Waals surface area contributed by atoms with Gasteiger partial charge in [0.1, 0.15) is 0 Å². The van der Waals surface area contributed by atoms with Gasteiger partial charge in [0.2, 0.25) is 0 Å². The highest BCUT2D eigenvalue weighted by Gasteiger charge is 2.50. The minimum absolute atomic E-state index is 0.225. The zero-order valence-electron chi connectivity index (χ0n) is 16.6. The summed E-state index contributed by atoms with van der Waals surface area (Å²) in [6.07, 6.45) is 3.99. The number of aryl methyl sites for hydroxylation is 1. The molecule has 0 bridgehead atoms. The Morgan fingerprint density at radius 1 is 1.34 bits per heavy atom. The summed E-state index contributed by atoms with van der Waals surface area (Å²) in [5.74, 6) is 0.0770. The van der Waals surface area contributed by atoms with Crippen molar-refractivity contribution in [3.8, 4) is 0 Å². The summed E-state index contributed by atoms with van der Waals surface area (Å²) in [7, 11) is 0. The maximum atomic E-state index is 11.6. The number of carbonyl (C=O) groups is 1. The van der Waals surface area contributed by atoms with Gasteiger partial charge in [0.05, 0.1) is 5.60 Å². The average Bonchev–Trinajstić information content (AvgIpc) is 3.20. The van der Waals surface area contributed by atoms with Gasteiger partial charge in [0, 0.05) is 41.6 Å². The van der Waals surface area contributed by atoms with Crippen molar-refractivity contribution in [3.63, 3.8) is 0 Å². The molecule has 1 aliphatic heterocycles. The second-order valence-electron chi connectivity index (χ2n) is 8.89. The van der Waals surface area contributed by atoms with Crippen LogP contribution < -0.4 is 4.90 Å². The van der Waals surface area contributed by atoms with E-state index in [1.54, 1.807) is 0 Å². The predicted molar refractivity (Wildman–Crippen MR) is 111 cm³/mol. The second kappa shape index (κ2) is 6.74. The molecule has 2 N–H and O–H groups in total. The monoisotopic (exact) mass is 415 g/mol. The van der Waals surface area contributed by atoms with Crippen LogP contribution >= 0.6 is 11.6 Å². The van der Waals surface area contributed by atoms with E-state index in [9.17, 15) is 15.0 Å². The van der Waals surface area contributed by atoms with Crippen LogP contribution in [0.15, 0.2) is 18.2 Å². The molecule has 3 aliphatic rings. The molecule has 5 rings (SSSR count). The van der Waals surface area contributed by atoms with Crippen molar-refractivity contribution in [1.82, 2.24) is 9.78 Å². The minimum atomic E-state index is -0.934. The molecule has 2 fully saturated rings. The van der Waals surface area contributed by atoms with E-state index in [0.717, 1.165) is 53.5 Å². The molecular weight excluding hydrogens is 390 g/mol. The van der Waals surface area contributed by atoms with Crippen LogP contribution in [0, 0.1) is 12.8 Å². The number of hydrogen-bond donors (Lipinski definition) is 2. The average molecular weight is 416 g/mol. The van der Waals surface area contributed by atoms with E-state index in [-0.39, 0.29) is 5.69 Å². The van der Waals surface area contributed by atoms with E-state index < -0.39 is 11.6 Å². The molecule has 0 radical (unpaired) electrons. The number of hydrogen-bond acceptors (Lipinski definition) is 4. The van der Waals surface area contributed by atoms with Gasteiger partial charge in [-0.2, -0.15) is 5.10 Å². The number of rotatable bonds is 5. The maximum Gasteiger partial charge on any atom is 0.356 e. The smallest absolute Gasteiger partial charge is 0.356 e. The standard InChI is InChI=1S/C22H26ClN3O3/c1-13-16(23)3-2-4-17(13)25-8-5-22(29,6-9-25)7-10-26-18-12-14-11-15(14)19(18)20(24-26)21(27)28/h2-4,14-15,29H,5-12H2,1H3,(H,27,28)/t14-,15-/m1/s1. The lowest BCUT2D eigenvalue weighted by Crippen LogP contribution is -2.45. The Bertz CT molecular complexity index is 978. The van der Waals surface area contributed by atoms with E-state index in [1.165, 1.54) is 0 Å². The summed E-state index contributed by atoms with van der Waals surface area (Å²) in [4.78, 5) is 13.9. The molecule has 1 saturated carbocycles. The number of benzene rings is 1. The number of aromatic carboxylic acids is 1. The van der Waals surface area contributed by atoms with Crippen LogP contribution in [0.2, 0.25) is 5.02 Å². The quantitative estimate of drug-likeness (QED) is 0.779. The number of aliphatic hydroxyl groups is 1. The van der Waals surface area contributed by atoms with Crippen molar-refractivity contribution in [2.75, 3.05) is 18.0 Å². The molecule has 2 atom stereocenters. The fourth-order valence-electron chi connectivity index (χ4n) is 5.20. The number of carboxylic acids is 1.